The molecule has 3 rings (SSSR count). The summed E-state index contributed by atoms with van der Waals surface area (Å²) >= 11 is 6.03. The molecule has 1 aromatic carbocycles. The van der Waals surface area contributed by atoms with Gasteiger partial charge in [0, 0.05) is 11.2 Å². The Hall–Kier alpha value is -1.68. The predicted molar refractivity (Wildman–Crippen MR) is 83.1 cm³/mol. The first-order valence-corrected chi connectivity index (χ1v) is 7.40. The van der Waals surface area contributed by atoms with E-state index < -0.39 is 17.0 Å². The second-order valence-corrected chi connectivity index (χ2v) is 6.20. The van der Waals surface area contributed by atoms with Crippen LogP contribution in [0.2, 0.25) is 0 Å². The van der Waals surface area contributed by atoms with Crippen molar-refractivity contribution in [1.82, 2.24) is 4.98 Å². The monoisotopic (exact) mass is 325 g/mol. The number of hydrogen-bond acceptors (Lipinski definition) is 0. The molecule has 0 aliphatic heterocycles. The molecule has 1 aliphatic rings. The molecule has 1 N–H and O–H groups in total. The zero-order valence-electron chi connectivity index (χ0n) is 11.9. The van der Waals surface area contributed by atoms with Crippen LogP contribution in [-0.4, -0.2) is 16.5 Å². The highest BCUT2D eigenvalue weighted by Crippen LogP contribution is 2.49. The highest BCUT2D eigenvalue weighted by Gasteiger charge is 2.57. The molecular weight excluding hydrogens is 311 g/mol. The number of hydrogen-bond donors (Lipinski definition) is 1. The van der Waals surface area contributed by atoms with Crippen LogP contribution < -0.4 is 0 Å². The second-order valence-electron chi connectivity index (χ2n) is 5.73. The molecule has 1 heterocycles. The van der Waals surface area contributed by atoms with Gasteiger partial charge in [0.05, 0.1) is 5.38 Å². The highest BCUT2D eigenvalue weighted by atomic mass is 35.5. The van der Waals surface area contributed by atoms with E-state index in [1.165, 1.54) is 18.2 Å². The molecule has 0 saturated carbocycles. The lowest BCUT2D eigenvalue weighted by Gasteiger charge is -2.37. The summed E-state index contributed by atoms with van der Waals surface area (Å²) in [7, 11) is 0. The summed E-state index contributed by atoms with van der Waals surface area (Å²) in [6.45, 7) is 1.92. The number of H-pyrrole nitrogens is 1. The first-order chi connectivity index (χ1) is 10.3. The Morgan fingerprint density at radius 2 is 2.00 bits per heavy atom. The van der Waals surface area contributed by atoms with E-state index in [1.807, 2.05) is 19.1 Å². The second kappa shape index (κ2) is 5.20. The maximum Gasteiger partial charge on any atom is 0.399 e. The highest BCUT2D eigenvalue weighted by molar-refractivity contribution is 6.22. The minimum Gasteiger partial charge on any atom is -0.359 e. The molecule has 22 heavy (non-hydrogen) atoms. The van der Waals surface area contributed by atoms with Gasteiger partial charge in [0.15, 0.2) is 0 Å². The van der Waals surface area contributed by atoms with Gasteiger partial charge in [-0.05, 0) is 42.5 Å². The van der Waals surface area contributed by atoms with E-state index in [0.717, 1.165) is 16.6 Å². The van der Waals surface area contributed by atoms with Crippen LogP contribution in [0.4, 0.5) is 13.2 Å². The van der Waals surface area contributed by atoms with Crippen molar-refractivity contribution in [2.24, 2.45) is 5.41 Å². The summed E-state index contributed by atoms with van der Waals surface area (Å²) < 4.78 is 41.0. The molecular formula is C17H15ClF3N. The number of halogens is 4. The van der Waals surface area contributed by atoms with Crippen LogP contribution in [0.1, 0.15) is 11.3 Å². The summed E-state index contributed by atoms with van der Waals surface area (Å²) in [6, 6.07) is 7.25. The maximum absolute atomic E-state index is 13.7. The smallest absolute Gasteiger partial charge is 0.359 e. The minimum atomic E-state index is -4.41. The van der Waals surface area contributed by atoms with Crippen LogP contribution in [0, 0.1) is 12.3 Å². The van der Waals surface area contributed by atoms with Crippen LogP contribution in [0.25, 0.3) is 10.9 Å². The van der Waals surface area contributed by atoms with Gasteiger partial charge in [-0.1, -0.05) is 30.4 Å². The quantitative estimate of drug-likeness (QED) is 0.721. The van der Waals surface area contributed by atoms with Crippen LogP contribution in [0.5, 0.6) is 0 Å². The summed E-state index contributed by atoms with van der Waals surface area (Å²) in [5.74, 6) is 0. The van der Waals surface area contributed by atoms with Gasteiger partial charge in [0.1, 0.15) is 5.41 Å². The van der Waals surface area contributed by atoms with Crippen molar-refractivity contribution in [3.63, 3.8) is 0 Å². The van der Waals surface area contributed by atoms with Gasteiger partial charge < -0.3 is 4.98 Å². The zero-order valence-corrected chi connectivity index (χ0v) is 12.7. The SMILES string of the molecule is Cc1cc2cc(CC3(C(F)(F)F)C=CC=CC3Cl)ccc2[nH]1. The largest absolute Gasteiger partial charge is 0.399 e. The number of benzene rings is 1. The Morgan fingerprint density at radius 1 is 1.23 bits per heavy atom. The maximum atomic E-state index is 13.7. The van der Waals surface area contributed by atoms with Crippen LogP contribution >= 0.6 is 11.6 Å². The van der Waals surface area contributed by atoms with Crippen LogP contribution in [-0.2, 0) is 6.42 Å². The molecule has 2 unspecified atom stereocenters. The molecule has 1 aromatic heterocycles. The van der Waals surface area contributed by atoms with Crippen molar-refractivity contribution in [2.75, 3.05) is 0 Å². The van der Waals surface area contributed by atoms with E-state index in [0.29, 0.717) is 5.56 Å². The van der Waals surface area contributed by atoms with E-state index >= 15 is 0 Å². The van der Waals surface area contributed by atoms with Gasteiger partial charge in [0.25, 0.3) is 0 Å². The van der Waals surface area contributed by atoms with E-state index in [-0.39, 0.29) is 6.42 Å². The van der Waals surface area contributed by atoms with Gasteiger partial charge in [0.2, 0.25) is 0 Å². The fraction of sp³-hybridized carbons (Fsp3) is 0.294. The van der Waals surface area contributed by atoms with E-state index in [1.54, 1.807) is 18.2 Å². The zero-order chi connectivity index (χ0) is 16.0. The molecule has 0 fully saturated rings. The molecule has 0 spiro atoms. The van der Waals surface area contributed by atoms with E-state index in [4.69, 9.17) is 11.6 Å². The molecule has 0 amide bonds. The number of aryl methyl sites for hydroxylation is 1. The number of fused-ring (bicyclic) bond motifs is 1. The van der Waals surface area contributed by atoms with Crippen molar-refractivity contribution in [1.29, 1.82) is 0 Å². The number of allylic oxidation sites excluding steroid dienone is 4. The molecule has 0 radical (unpaired) electrons. The minimum absolute atomic E-state index is 0.175. The lowest BCUT2D eigenvalue weighted by molar-refractivity contribution is -0.203. The summed E-state index contributed by atoms with van der Waals surface area (Å²) in [5, 5.41) is -0.199. The lowest BCUT2D eigenvalue weighted by Crippen LogP contribution is -2.45. The molecule has 0 bridgehead atoms. The number of aromatic nitrogens is 1. The molecule has 1 aliphatic carbocycles. The van der Waals surface area contributed by atoms with Gasteiger partial charge in [-0.15, -0.1) is 11.6 Å². The first kappa shape index (κ1) is 15.2. The van der Waals surface area contributed by atoms with Crippen molar-refractivity contribution >= 4 is 22.5 Å². The number of alkyl halides is 4. The fourth-order valence-corrected chi connectivity index (χ4v) is 3.29. The molecule has 116 valence electrons. The summed E-state index contributed by atoms with van der Waals surface area (Å²) in [4.78, 5) is 3.16. The van der Waals surface area contributed by atoms with Gasteiger partial charge in [-0.25, -0.2) is 0 Å². The molecule has 2 atom stereocenters. The van der Waals surface area contributed by atoms with Crippen LogP contribution in [0.3, 0.4) is 0 Å². The topological polar surface area (TPSA) is 15.8 Å². The van der Waals surface area contributed by atoms with Crippen molar-refractivity contribution in [2.45, 2.75) is 24.9 Å². The Kier molecular flexibility index (Phi) is 3.60. The summed E-state index contributed by atoms with van der Waals surface area (Å²) in [6.07, 6.45) is 0.965. The lowest BCUT2D eigenvalue weighted by atomic mass is 9.75. The van der Waals surface area contributed by atoms with E-state index in [9.17, 15) is 13.2 Å². The van der Waals surface area contributed by atoms with Gasteiger partial charge in [-0.3, -0.25) is 0 Å². The number of nitrogens with one attached hydrogen (secondary N) is 1. The van der Waals surface area contributed by atoms with Gasteiger partial charge >= 0.3 is 6.18 Å². The van der Waals surface area contributed by atoms with Crippen molar-refractivity contribution in [3.8, 4) is 0 Å². The Bertz CT molecular complexity index is 757. The fourth-order valence-electron chi connectivity index (χ4n) is 2.94. The molecule has 1 nitrogen and oxygen atoms in total. The standard InChI is InChI=1S/C17H15ClF3N/c1-11-8-13-9-12(5-6-14(13)22-11)10-16(17(19,20)21)7-3-2-4-15(16)18/h2-9,15,22H,10H2,1H3. The Morgan fingerprint density at radius 3 is 2.68 bits per heavy atom. The third-order valence-electron chi connectivity index (χ3n) is 4.12. The van der Waals surface area contributed by atoms with Crippen LogP contribution in [0.15, 0.2) is 48.6 Å². The average Bonchev–Trinajstić information content (AvgIpc) is 2.79. The van der Waals surface area contributed by atoms with E-state index in [2.05, 4.69) is 4.98 Å². The molecule has 2 aromatic rings. The number of aromatic amines is 1. The average molecular weight is 326 g/mol. The Balaban J connectivity index is 2.02. The third kappa shape index (κ3) is 2.45. The third-order valence-corrected chi connectivity index (χ3v) is 4.66. The Labute approximate surface area is 131 Å². The number of rotatable bonds is 2. The first-order valence-electron chi connectivity index (χ1n) is 6.97. The van der Waals surface area contributed by atoms with Crippen molar-refractivity contribution in [3.05, 3.63) is 59.8 Å². The molecule has 0 saturated heterocycles. The normalized spacial score (nSPS) is 25.0. The van der Waals surface area contributed by atoms with Gasteiger partial charge in [-0.2, -0.15) is 13.2 Å². The summed E-state index contributed by atoms with van der Waals surface area (Å²) in [5.41, 5.74) is 0.453. The predicted octanol–water partition coefficient (Wildman–Crippen LogP) is 5.30. The van der Waals surface area contributed by atoms with Crippen molar-refractivity contribution < 1.29 is 13.2 Å². The molecule has 5 heteroatoms.